The lowest BCUT2D eigenvalue weighted by molar-refractivity contribution is -0.131. The summed E-state index contributed by atoms with van der Waals surface area (Å²) < 4.78 is 17.8. The van der Waals surface area contributed by atoms with E-state index in [4.69, 9.17) is 4.52 Å². The minimum atomic E-state index is -0.310. The van der Waals surface area contributed by atoms with Gasteiger partial charge in [0.25, 0.3) is 5.91 Å². The first-order chi connectivity index (χ1) is 12.0. The molecule has 1 aliphatic heterocycles. The highest BCUT2D eigenvalue weighted by atomic mass is 19.1. The molecule has 2 aromatic rings. The van der Waals surface area contributed by atoms with Gasteiger partial charge in [-0.05, 0) is 37.5 Å². The first-order valence-corrected chi connectivity index (χ1v) is 8.27. The van der Waals surface area contributed by atoms with Crippen LogP contribution in [0.4, 0.5) is 4.39 Å². The Kier molecular flexibility index (Phi) is 5.11. The van der Waals surface area contributed by atoms with Crippen molar-refractivity contribution in [3.8, 4) is 0 Å². The number of piperidine rings is 1. The summed E-state index contributed by atoms with van der Waals surface area (Å²) in [6.07, 6.45) is 1.64. The average Bonchev–Trinajstić information content (AvgIpc) is 3.04. The molecular weight excluding hydrogens is 325 g/mol. The van der Waals surface area contributed by atoms with Gasteiger partial charge in [-0.25, -0.2) is 4.39 Å². The lowest BCUT2D eigenvalue weighted by atomic mass is 10.0. The molecular formula is C18H20FN3O3. The summed E-state index contributed by atoms with van der Waals surface area (Å²) in [4.78, 5) is 26.2. The van der Waals surface area contributed by atoms with E-state index in [2.05, 4.69) is 10.5 Å². The first-order valence-electron chi connectivity index (χ1n) is 8.27. The molecule has 0 radical (unpaired) electrons. The van der Waals surface area contributed by atoms with Crippen molar-refractivity contribution in [2.45, 2.75) is 32.2 Å². The second kappa shape index (κ2) is 7.46. The van der Waals surface area contributed by atoms with Gasteiger partial charge in [-0.2, -0.15) is 0 Å². The van der Waals surface area contributed by atoms with Gasteiger partial charge >= 0.3 is 0 Å². The standard InChI is InChI=1S/C18H20FN3O3/c1-12-10-16(21-25-12)18(24)20-15-6-8-22(9-7-15)17(23)11-13-2-4-14(19)5-3-13/h2-5,10,15H,6-9,11H2,1H3,(H,20,24). The van der Waals surface area contributed by atoms with E-state index in [1.165, 1.54) is 12.1 Å². The molecule has 0 atom stereocenters. The van der Waals surface area contributed by atoms with Crippen LogP contribution in [0.2, 0.25) is 0 Å². The third-order valence-corrected chi connectivity index (χ3v) is 4.31. The molecule has 0 unspecified atom stereocenters. The molecule has 0 spiro atoms. The average molecular weight is 345 g/mol. The Bertz CT molecular complexity index is 749. The molecule has 132 valence electrons. The van der Waals surface area contributed by atoms with Crippen molar-refractivity contribution in [1.29, 1.82) is 0 Å². The van der Waals surface area contributed by atoms with Gasteiger partial charge in [0, 0.05) is 25.2 Å². The van der Waals surface area contributed by atoms with Crippen molar-refractivity contribution >= 4 is 11.8 Å². The number of likely N-dealkylation sites (tertiary alicyclic amines) is 1. The second-order valence-corrected chi connectivity index (χ2v) is 6.25. The molecule has 1 aromatic carbocycles. The fourth-order valence-electron chi connectivity index (χ4n) is 2.89. The highest BCUT2D eigenvalue weighted by Crippen LogP contribution is 2.14. The minimum absolute atomic E-state index is 0.0133. The summed E-state index contributed by atoms with van der Waals surface area (Å²) in [5, 5.41) is 6.62. The number of halogens is 1. The number of rotatable bonds is 4. The summed E-state index contributed by atoms with van der Waals surface area (Å²) in [6.45, 7) is 2.90. The Balaban J connectivity index is 1.47. The van der Waals surface area contributed by atoms with Gasteiger partial charge in [-0.15, -0.1) is 0 Å². The number of aryl methyl sites for hydroxylation is 1. The van der Waals surface area contributed by atoms with Crippen LogP contribution in [-0.2, 0) is 11.2 Å². The van der Waals surface area contributed by atoms with E-state index < -0.39 is 0 Å². The molecule has 1 aromatic heterocycles. The number of aromatic nitrogens is 1. The number of benzene rings is 1. The van der Waals surface area contributed by atoms with Crippen LogP contribution >= 0.6 is 0 Å². The van der Waals surface area contributed by atoms with Crippen molar-refractivity contribution < 1.29 is 18.5 Å². The summed E-state index contributed by atoms with van der Waals surface area (Å²) in [6, 6.07) is 7.57. The molecule has 7 heteroatoms. The quantitative estimate of drug-likeness (QED) is 0.921. The van der Waals surface area contributed by atoms with E-state index >= 15 is 0 Å². The maximum Gasteiger partial charge on any atom is 0.273 e. The maximum absolute atomic E-state index is 12.9. The topological polar surface area (TPSA) is 75.4 Å². The van der Waals surface area contributed by atoms with Crippen LogP contribution in [0.15, 0.2) is 34.9 Å². The van der Waals surface area contributed by atoms with E-state index in [0.717, 1.165) is 5.56 Å². The first kappa shape index (κ1) is 17.1. The van der Waals surface area contributed by atoms with Crippen LogP contribution in [-0.4, -0.2) is 41.0 Å². The van der Waals surface area contributed by atoms with Crippen LogP contribution < -0.4 is 5.32 Å². The molecule has 6 nitrogen and oxygen atoms in total. The molecule has 0 bridgehead atoms. The van der Waals surface area contributed by atoms with Crippen LogP contribution in [0.1, 0.15) is 34.7 Å². The summed E-state index contributed by atoms with van der Waals surface area (Å²) in [5.74, 6) is 0.0397. The molecule has 2 heterocycles. The molecule has 1 aliphatic rings. The van der Waals surface area contributed by atoms with E-state index in [-0.39, 0.29) is 35.8 Å². The third-order valence-electron chi connectivity index (χ3n) is 4.31. The minimum Gasteiger partial charge on any atom is -0.361 e. The number of hydrogen-bond donors (Lipinski definition) is 1. The Labute approximate surface area is 145 Å². The van der Waals surface area contributed by atoms with Crippen molar-refractivity contribution in [2.24, 2.45) is 0 Å². The Hall–Kier alpha value is -2.70. The van der Waals surface area contributed by atoms with Crippen molar-refractivity contribution in [2.75, 3.05) is 13.1 Å². The normalized spacial score (nSPS) is 15.2. The number of amides is 2. The van der Waals surface area contributed by atoms with E-state index in [0.29, 0.717) is 31.7 Å². The van der Waals surface area contributed by atoms with Gasteiger partial charge in [-0.1, -0.05) is 17.3 Å². The smallest absolute Gasteiger partial charge is 0.273 e. The number of nitrogens with zero attached hydrogens (tertiary/aromatic N) is 2. The van der Waals surface area contributed by atoms with E-state index in [1.807, 2.05) is 0 Å². The van der Waals surface area contributed by atoms with E-state index in [1.54, 1.807) is 30.0 Å². The SMILES string of the molecule is Cc1cc(C(=O)NC2CCN(C(=O)Cc3ccc(F)cc3)CC2)no1. The van der Waals surface area contributed by atoms with E-state index in [9.17, 15) is 14.0 Å². The molecule has 0 aliphatic carbocycles. The van der Waals surface area contributed by atoms with Gasteiger partial charge in [0.15, 0.2) is 5.69 Å². The molecule has 1 fully saturated rings. The number of hydrogen-bond acceptors (Lipinski definition) is 4. The van der Waals surface area contributed by atoms with Crippen molar-refractivity contribution in [1.82, 2.24) is 15.4 Å². The number of carbonyl (C=O) groups excluding carboxylic acids is 2. The predicted molar refractivity (Wildman–Crippen MR) is 88.4 cm³/mol. The molecule has 0 saturated carbocycles. The zero-order valence-corrected chi connectivity index (χ0v) is 14.0. The number of carbonyl (C=O) groups is 2. The maximum atomic E-state index is 12.9. The molecule has 25 heavy (non-hydrogen) atoms. The Morgan fingerprint density at radius 1 is 1.28 bits per heavy atom. The fraction of sp³-hybridized carbons (Fsp3) is 0.389. The van der Waals surface area contributed by atoms with Gasteiger partial charge in [0.1, 0.15) is 11.6 Å². The van der Waals surface area contributed by atoms with Crippen LogP contribution in [0.5, 0.6) is 0 Å². The molecule has 2 amide bonds. The van der Waals surface area contributed by atoms with Crippen molar-refractivity contribution in [3.63, 3.8) is 0 Å². The summed E-state index contributed by atoms with van der Waals surface area (Å²) >= 11 is 0. The zero-order valence-electron chi connectivity index (χ0n) is 14.0. The van der Waals surface area contributed by atoms with Crippen LogP contribution in [0, 0.1) is 12.7 Å². The van der Waals surface area contributed by atoms with Crippen molar-refractivity contribution in [3.05, 3.63) is 53.2 Å². The lowest BCUT2D eigenvalue weighted by Gasteiger charge is -2.32. The summed E-state index contributed by atoms with van der Waals surface area (Å²) in [7, 11) is 0. The Morgan fingerprint density at radius 3 is 2.56 bits per heavy atom. The number of nitrogens with one attached hydrogen (secondary N) is 1. The lowest BCUT2D eigenvalue weighted by Crippen LogP contribution is -2.47. The van der Waals surface area contributed by atoms with Gasteiger partial charge in [0.2, 0.25) is 5.91 Å². The van der Waals surface area contributed by atoms with Gasteiger partial charge in [0.05, 0.1) is 6.42 Å². The highest BCUT2D eigenvalue weighted by Gasteiger charge is 2.25. The predicted octanol–water partition coefficient (Wildman–Crippen LogP) is 2.09. The molecule has 1 saturated heterocycles. The third kappa shape index (κ3) is 4.43. The van der Waals surface area contributed by atoms with Crippen LogP contribution in [0.3, 0.4) is 0 Å². The second-order valence-electron chi connectivity index (χ2n) is 6.25. The Morgan fingerprint density at radius 2 is 1.96 bits per heavy atom. The highest BCUT2D eigenvalue weighted by molar-refractivity contribution is 5.92. The summed E-state index contributed by atoms with van der Waals surface area (Å²) in [5.41, 5.74) is 1.07. The van der Waals surface area contributed by atoms with Crippen LogP contribution in [0.25, 0.3) is 0 Å². The fourth-order valence-corrected chi connectivity index (χ4v) is 2.89. The molecule has 3 rings (SSSR count). The zero-order chi connectivity index (χ0) is 17.8. The van der Waals surface area contributed by atoms with Gasteiger partial charge < -0.3 is 14.7 Å². The van der Waals surface area contributed by atoms with Gasteiger partial charge in [-0.3, -0.25) is 9.59 Å². The monoisotopic (exact) mass is 345 g/mol. The largest absolute Gasteiger partial charge is 0.361 e. The molecule has 1 N–H and O–H groups in total.